The van der Waals surface area contributed by atoms with Crippen molar-refractivity contribution in [3.63, 3.8) is 0 Å². The van der Waals surface area contributed by atoms with Gasteiger partial charge < -0.3 is 14.9 Å². The number of ether oxygens (including phenoxy) is 1. The summed E-state index contributed by atoms with van der Waals surface area (Å²) >= 11 is 0. The average molecular weight is 426 g/mol. The molecule has 1 saturated carbocycles. The number of hydrogen-bond donors (Lipinski definition) is 2. The topological polar surface area (TPSA) is 52.9 Å². The predicted molar refractivity (Wildman–Crippen MR) is 125 cm³/mol. The Morgan fingerprint density at radius 1 is 1.23 bits per heavy atom. The maximum absolute atomic E-state index is 10.6. The van der Waals surface area contributed by atoms with Crippen molar-refractivity contribution in [1.82, 2.24) is 4.90 Å². The number of allylic oxidation sites excluding steroid dienone is 2. The number of hydrogen-bond acceptors (Lipinski definition) is 4. The Hall–Kier alpha value is -1.46. The van der Waals surface area contributed by atoms with Crippen molar-refractivity contribution >= 4 is 0 Å². The van der Waals surface area contributed by atoms with E-state index in [1.165, 1.54) is 31.4 Å². The lowest BCUT2D eigenvalue weighted by molar-refractivity contribution is 0.0372. The van der Waals surface area contributed by atoms with E-state index in [0.717, 1.165) is 44.7 Å². The summed E-state index contributed by atoms with van der Waals surface area (Å²) in [4.78, 5) is 2.51. The van der Waals surface area contributed by atoms with Crippen LogP contribution in [0.2, 0.25) is 0 Å². The van der Waals surface area contributed by atoms with Crippen LogP contribution in [-0.4, -0.2) is 60.2 Å². The smallest absolute Gasteiger partial charge is 0.0761 e. The zero-order chi connectivity index (χ0) is 21.6. The molecule has 0 bridgehead atoms. The lowest BCUT2D eigenvalue weighted by Crippen LogP contribution is -2.36. The molecule has 1 saturated heterocycles. The van der Waals surface area contributed by atoms with E-state index < -0.39 is 6.10 Å². The number of unbranched alkanes of at least 4 members (excludes halogenated alkanes) is 1. The Morgan fingerprint density at radius 3 is 2.87 bits per heavy atom. The Balaban J connectivity index is 1.22. The van der Waals surface area contributed by atoms with E-state index in [0.29, 0.717) is 18.3 Å². The Labute approximate surface area is 187 Å². The number of aliphatic hydroxyl groups excluding tert-OH is 2. The van der Waals surface area contributed by atoms with Gasteiger partial charge in [-0.05, 0) is 63.0 Å². The molecule has 0 amide bonds. The van der Waals surface area contributed by atoms with Gasteiger partial charge in [0.05, 0.1) is 25.4 Å². The quantitative estimate of drug-likeness (QED) is 0.465. The summed E-state index contributed by atoms with van der Waals surface area (Å²) in [5.74, 6) is 1.18. The van der Waals surface area contributed by atoms with Gasteiger partial charge in [-0.1, -0.05) is 53.6 Å². The molecule has 0 aromatic heterocycles. The molecule has 5 atom stereocenters. The summed E-state index contributed by atoms with van der Waals surface area (Å²) in [6.45, 7) is 7.18. The third-order valence-electron chi connectivity index (χ3n) is 7.36. The van der Waals surface area contributed by atoms with Crippen LogP contribution in [-0.2, 0) is 11.2 Å². The fourth-order valence-corrected chi connectivity index (χ4v) is 5.71. The molecule has 4 rings (SSSR count). The van der Waals surface area contributed by atoms with Crippen LogP contribution in [0.5, 0.6) is 0 Å². The summed E-state index contributed by atoms with van der Waals surface area (Å²) in [7, 11) is 0. The molecule has 170 valence electrons. The van der Waals surface area contributed by atoms with Gasteiger partial charge >= 0.3 is 0 Å². The van der Waals surface area contributed by atoms with E-state index in [9.17, 15) is 10.2 Å². The summed E-state index contributed by atoms with van der Waals surface area (Å²) in [5, 5.41) is 21.1. The van der Waals surface area contributed by atoms with E-state index in [1.807, 2.05) is 12.1 Å². The van der Waals surface area contributed by atoms with Crippen molar-refractivity contribution < 1.29 is 14.9 Å². The van der Waals surface area contributed by atoms with Crippen molar-refractivity contribution in [2.24, 2.45) is 17.8 Å². The number of rotatable bonds is 9. The molecular formula is C27H39NO3. The fraction of sp³-hybridized carbons (Fsp3) is 0.630. The summed E-state index contributed by atoms with van der Waals surface area (Å²) in [6.07, 6.45) is 12.0. The number of aliphatic hydroxyl groups is 2. The molecule has 1 heterocycles. The molecule has 0 unspecified atom stereocenters. The lowest BCUT2D eigenvalue weighted by atomic mass is 9.88. The van der Waals surface area contributed by atoms with Crippen molar-refractivity contribution in [1.29, 1.82) is 0 Å². The number of benzene rings is 1. The monoisotopic (exact) mass is 425 g/mol. The Morgan fingerprint density at radius 2 is 2.06 bits per heavy atom. The first kappa shape index (κ1) is 22.7. The van der Waals surface area contributed by atoms with Gasteiger partial charge in [-0.25, -0.2) is 0 Å². The lowest BCUT2D eigenvalue weighted by Gasteiger charge is -2.26. The molecule has 3 aliphatic rings. The third kappa shape index (κ3) is 6.29. The second-order valence-corrected chi connectivity index (χ2v) is 9.79. The largest absolute Gasteiger partial charge is 0.392 e. The first-order valence-corrected chi connectivity index (χ1v) is 12.2. The van der Waals surface area contributed by atoms with Gasteiger partial charge in [-0.3, -0.25) is 4.90 Å². The molecule has 2 aliphatic carbocycles. The maximum atomic E-state index is 10.6. The van der Waals surface area contributed by atoms with Crippen LogP contribution in [0.1, 0.15) is 43.2 Å². The van der Waals surface area contributed by atoms with Gasteiger partial charge in [-0.2, -0.15) is 0 Å². The Kier molecular flexibility index (Phi) is 8.00. The summed E-state index contributed by atoms with van der Waals surface area (Å²) in [6, 6.07) is 8.31. The molecule has 2 fully saturated rings. The van der Waals surface area contributed by atoms with Crippen molar-refractivity contribution in [3.8, 4) is 0 Å². The van der Waals surface area contributed by atoms with Gasteiger partial charge in [0.25, 0.3) is 0 Å². The predicted octanol–water partition coefficient (Wildman–Crippen LogP) is 3.90. The van der Waals surface area contributed by atoms with Crippen molar-refractivity contribution in [3.05, 3.63) is 59.2 Å². The maximum Gasteiger partial charge on any atom is 0.0761 e. The minimum absolute atomic E-state index is 0.166. The number of fused-ring (bicyclic) bond motifs is 1. The SMILES string of the molecule is Cc1cccc(C[C@@H](O)C=C[C@@H]2[C@H]3CC(CCCCN4CCOCC4)=C[C@H]3C[C@H]2O)c1. The zero-order valence-corrected chi connectivity index (χ0v) is 19.0. The normalized spacial score (nSPS) is 30.0. The van der Waals surface area contributed by atoms with Crippen molar-refractivity contribution in [2.75, 3.05) is 32.8 Å². The average Bonchev–Trinajstić information content (AvgIpc) is 3.27. The molecule has 4 nitrogen and oxygen atoms in total. The molecule has 1 aromatic carbocycles. The van der Waals surface area contributed by atoms with Crippen LogP contribution >= 0.6 is 0 Å². The van der Waals surface area contributed by atoms with E-state index >= 15 is 0 Å². The van der Waals surface area contributed by atoms with E-state index in [4.69, 9.17) is 4.74 Å². The standard InChI is InChI=1S/C27H39NO3/c1-20-5-4-7-21(15-20)17-24(29)8-9-25-26-18-22(16-23(26)19-27(25)30)6-2-3-10-28-11-13-31-14-12-28/h4-5,7-9,15-16,23-27,29-30H,2-3,6,10-14,17-19H2,1H3/t23-,24-,25+,26-,27+/m0/s1. The molecule has 2 N–H and O–H groups in total. The van der Waals surface area contributed by atoms with Gasteiger partial charge in [0.2, 0.25) is 0 Å². The number of nitrogens with zero attached hydrogens (tertiary/aromatic N) is 1. The molecular weight excluding hydrogens is 386 g/mol. The van der Waals surface area contributed by atoms with E-state index in [2.05, 4.69) is 42.2 Å². The highest BCUT2D eigenvalue weighted by Crippen LogP contribution is 2.48. The van der Waals surface area contributed by atoms with Crippen LogP contribution in [0.25, 0.3) is 0 Å². The highest BCUT2D eigenvalue weighted by molar-refractivity contribution is 5.24. The first-order chi connectivity index (χ1) is 15.1. The van der Waals surface area contributed by atoms with Crippen LogP contribution in [0.4, 0.5) is 0 Å². The van der Waals surface area contributed by atoms with Gasteiger partial charge in [0.15, 0.2) is 0 Å². The number of aryl methyl sites for hydroxylation is 1. The molecule has 1 aliphatic heterocycles. The Bertz CT molecular complexity index is 767. The van der Waals surface area contributed by atoms with Crippen molar-refractivity contribution in [2.45, 2.75) is 57.7 Å². The van der Waals surface area contributed by atoms with Gasteiger partial charge in [0, 0.05) is 25.4 Å². The molecule has 0 radical (unpaired) electrons. The van der Waals surface area contributed by atoms with Gasteiger partial charge in [0.1, 0.15) is 0 Å². The second kappa shape index (κ2) is 10.9. The highest BCUT2D eigenvalue weighted by atomic mass is 16.5. The molecule has 0 spiro atoms. The van der Waals surface area contributed by atoms with E-state index in [1.54, 1.807) is 5.57 Å². The highest BCUT2D eigenvalue weighted by Gasteiger charge is 2.43. The first-order valence-electron chi connectivity index (χ1n) is 12.2. The van der Waals surface area contributed by atoms with Crippen LogP contribution in [0, 0.1) is 24.7 Å². The zero-order valence-electron chi connectivity index (χ0n) is 19.0. The summed E-state index contributed by atoms with van der Waals surface area (Å²) in [5.41, 5.74) is 3.96. The van der Waals surface area contributed by atoms with Crippen LogP contribution < -0.4 is 0 Å². The molecule has 31 heavy (non-hydrogen) atoms. The third-order valence-corrected chi connectivity index (χ3v) is 7.36. The number of morpholine rings is 1. The van der Waals surface area contributed by atoms with Gasteiger partial charge in [-0.15, -0.1) is 0 Å². The molecule has 1 aromatic rings. The van der Waals surface area contributed by atoms with Crippen LogP contribution in [0.15, 0.2) is 48.1 Å². The summed E-state index contributed by atoms with van der Waals surface area (Å²) < 4.78 is 5.42. The second-order valence-electron chi connectivity index (χ2n) is 9.79. The van der Waals surface area contributed by atoms with Crippen LogP contribution in [0.3, 0.4) is 0 Å². The fourth-order valence-electron chi connectivity index (χ4n) is 5.71. The minimum Gasteiger partial charge on any atom is -0.392 e. The molecule has 4 heteroatoms. The minimum atomic E-state index is -0.498. The van der Waals surface area contributed by atoms with E-state index in [-0.39, 0.29) is 12.0 Å².